The highest BCUT2D eigenvalue weighted by Crippen LogP contribution is 2.16. The van der Waals surface area contributed by atoms with Crippen molar-refractivity contribution in [2.24, 2.45) is 0 Å². The topological polar surface area (TPSA) is 35.2 Å². The number of aryl methyl sites for hydroxylation is 1. The van der Waals surface area contributed by atoms with Crippen LogP contribution >= 0.6 is 0 Å². The summed E-state index contributed by atoms with van der Waals surface area (Å²) in [7, 11) is 0. The number of hydrogen-bond donors (Lipinski definition) is 1. The van der Waals surface area contributed by atoms with Crippen molar-refractivity contribution < 1.29 is 4.74 Å². The molecule has 2 N–H and O–H groups in total. The van der Waals surface area contributed by atoms with E-state index >= 15 is 0 Å². The Kier molecular flexibility index (Phi) is 4.85. The lowest BCUT2D eigenvalue weighted by atomic mass is 10.1. The fraction of sp³-hybridized carbons (Fsp3) is 0.294. The van der Waals surface area contributed by atoms with E-state index < -0.39 is 0 Å². The first-order chi connectivity index (χ1) is 9.28. The van der Waals surface area contributed by atoms with E-state index in [1.165, 1.54) is 18.4 Å². The molecular formula is C17H21NO. The van der Waals surface area contributed by atoms with Gasteiger partial charge in [0, 0.05) is 5.69 Å². The van der Waals surface area contributed by atoms with Crippen LogP contribution in [-0.2, 0) is 13.0 Å². The first-order valence-electron chi connectivity index (χ1n) is 6.84. The number of anilines is 1. The summed E-state index contributed by atoms with van der Waals surface area (Å²) in [4.78, 5) is 0. The molecule has 0 unspecified atom stereocenters. The molecule has 19 heavy (non-hydrogen) atoms. The van der Waals surface area contributed by atoms with Crippen molar-refractivity contribution >= 4 is 5.69 Å². The largest absolute Gasteiger partial charge is 0.489 e. The quantitative estimate of drug-likeness (QED) is 0.785. The Labute approximate surface area is 115 Å². The minimum atomic E-state index is 0.578. The van der Waals surface area contributed by atoms with Gasteiger partial charge in [0.2, 0.25) is 0 Å². The molecule has 0 spiro atoms. The molecule has 2 aromatic carbocycles. The van der Waals surface area contributed by atoms with Gasteiger partial charge in [-0.3, -0.25) is 0 Å². The maximum absolute atomic E-state index is 5.75. The Morgan fingerprint density at radius 3 is 2.16 bits per heavy atom. The smallest absolute Gasteiger partial charge is 0.119 e. The minimum Gasteiger partial charge on any atom is -0.489 e. The maximum Gasteiger partial charge on any atom is 0.119 e. The molecule has 2 aromatic rings. The Bertz CT molecular complexity index is 488. The number of unbranched alkanes of at least 4 members (excludes halogenated alkanes) is 1. The number of benzene rings is 2. The van der Waals surface area contributed by atoms with Gasteiger partial charge in [0.05, 0.1) is 0 Å². The zero-order chi connectivity index (χ0) is 13.5. The van der Waals surface area contributed by atoms with Crippen LogP contribution in [0.4, 0.5) is 5.69 Å². The summed E-state index contributed by atoms with van der Waals surface area (Å²) >= 11 is 0. The molecule has 0 atom stereocenters. The van der Waals surface area contributed by atoms with E-state index in [1.807, 2.05) is 36.4 Å². The van der Waals surface area contributed by atoms with Crippen molar-refractivity contribution in [3.63, 3.8) is 0 Å². The van der Waals surface area contributed by atoms with Crippen molar-refractivity contribution in [2.45, 2.75) is 32.8 Å². The molecule has 0 aliphatic rings. The van der Waals surface area contributed by atoms with E-state index in [0.717, 1.165) is 23.4 Å². The van der Waals surface area contributed by atoms with Gasteiger partial charge >= 0.3 is 0 Å². The molecule has 2 heteroatoms. The van der Waals surface area contributed by atoms with E-state index in [-0.39, 0.29) is 0 Å². The van der Waals surface area contributed by atoms with Crippen molar-refractivity contribution in [3.05, 3.63) is 59.7 Å². The Morgan fingerprint density at radius 1 is 0.895 bits per heavy atom. The third-order valence-corrected chi connectivity index (χ3v) is 3.13. The van der Waals surface area contributed by atoms with Crippen LogP contribution in [0.5, 0.6) is 5.75 Å². The van der Waals surface area contributed by atoms with Crippen molar-refractivity contribution in [1.82, 2.24) is 0 Å². The van der Waals surface area contributed by atoms with Crippen LogP contribution in [0.2, 0.25) is 0 Å². The zero-order valence-electron chi connectivity index (χ0n) is 11.4. The highest BCUT2D eigenvalue weighted by atomic mass is 16.5. The molecule has 2 rings (SSSR count). The SMILES string of the molecule is CCCCc1ccc(OCc2ccc(N)cc2)cc1. The van der Waals surface area contributed by atoms with E-state index in [4.69, 9.17) is 10.5 Å². The van der Waals surface area contributed by atoms with Crippen LogP contribution in [0.3, 0.4) is 0 Å². The van der Waals surface area contributed by atoms with E-state index in [2.05, 4.69) is 19.1 Å². The average Bonchev–Trinajstić information content (AvgIpc) is 2.46. The number of nitrogens with two attached hydrogens (primary N) is 1. The predicted molar refractivity (Wildman–Crippen MR) is 80.2 cm³/mol. The molecule has 0 saturated heterocycles. The molecule has 0 aliphatic carbocycles. The fourth-order valence-corrected chi connectivity index (χ4v) is 1.91. The summed E-state index contributed by atoms with van der Waals surface area (Å²) < 4.78 is 5.75. The minimum absolute atomic E-state index is 0.578. The second kappa shape index (κ2) is 6.83. The third-order valence-electron chi connectivity index (χ3n) is 3.13. The van der Waals surface area contributed by atoms with Crippen LogP contribution in [0.1, 0.15) is 30.9 Å². The van der Waals surface area contributed by atoms with Crippen LogP contribution in [0.25, 0.3) is 0 Å². The molecule has 0 bridgehead atoms. The van der Waals surface area contributed by atoms with Gasteiger partial charge in [0.25, 0.3) is 0 Å². The van der Waals surface area contributed by atoms with Gasteiger partial charge < -0.3 is 10.5 Å². The van der Waals surface area contributed by atoms with Crippen LogP contribution < -0.4 is 10.5 Å². The third kappa shape index (κ3) is 4.32. The monoisotopic (exact) mass is 255 g/mol. The van der Waals surface area contributed by atoms with Gasteiger partial charge in [-0.1, -0.05) is 37.6 Å². The molecule has 0 aromatic heterocycles. The molecule has 0 heterocycles. The second-order valence-corrected chi connectivity index (χ2v) is 4.78. The highest BCUT2D eigenvalue weighted by molar-refractivity contribution is 5.39. The molecule has 100 valence electrons. The van der Waals surface area contributed by atoms with Crippen LogP contribution in [0.15, 0.2) is 48.5 Å². The second-order valence-electron chi connectivity index (χ2n) is 4.78. The molecule has 0 aliphatic heterocycles. The summed E-state index contributed by atoms with van der Waals surface area (Å²) in [6.45, 7) is 2.79. The summed E-state index contributed by atoms with van der Waals surface area (Å²) in [6.07, 6.45) is 3.62. The summed E-state index contributed by atoms with van der Waals surface area (Å²) in [5.41, 5.74) is 8.94. The van der Waals surface area contributed by atoms with Crippen LogP contribution in [0, 0.1) is 0 Å². The van der Waals surface area contributed by atoms with Crippen molar-refractivity contribution in [1.29, 1.82) is 0 Å². The van der Waals surface area contributed by atoms with E-state index in [9.17, 15) is 0 Å². The molecule has 0 fully saturated rings. The highest BCUT2D eigenvalue weighted by Gasteiger charge is 1.97. The normalized spacial score (nSPS) is 10.4. The first-order valence-corrected chi connectivity index (χ1v) is 6.84. The molecule has 2 nitrogen and oxygen atoms in total. The lowest BCUT2D eigenvalue weighted by Gasteiger charge is -2.07. The molecule has 0 amide bonds. The number of nitrogen functional groups attached to an aromatic ring is 1. The Morgan fingerprint density at radius 2 is 1.53 bits per heavy atom. The maximum atomic E-state index is 5.75. The van der Waals surface area contributed by atoms with Gasteiger partial charge in [0.15, 0.2) is 0 Å². The first kappa shape index (κ1) is 13.5. The zero-order valence-corrected chi connectivity index (χ0v) is 11.4. The van der Waals surface area contributed by atoms with E-state index in [1.54, 1.807) is 0 Å². The summed E-state index contributed by atoms with van der Waals surface area (Å²) in [5, 5.41) is 0. The summed E-state index contributed by atoms with van der Waals surface area (Å²) in [6, 6.07) is 16.2. The van der Waals surface area contributed by atoms with Gasteiger partial charge in [-0.2, -0.15) is 0 Å². The van der Waals surface area contributed by atoms with Gasteiger partial charge in [-0.25, -0.2) is 0 Å². The van der Waals surface area contributed by atoms with Gasteiger partial charge in [0.1, 0.15) is 12.4 Å². The lowest BCUT2D eigenvalue weighted by Crippen LogP contribution is -1.96. The number of hydrogen-bond acceptors (Lipinski definition) is 2. The fourth-order valence-electron chi connectivity index (χ4n) is 1.91. The lowest BCUT2D eigenvalue weighted by molar-refractivity contribution is 0.306. The van der Waals surface area contributed by atoms with Crippen molar-refractivity contribution in [3.8, 4) is 5.75 Å². The standard InChI is InChI=1S/C17H21NO/c1-2-3-4-14-7-11-17(12-8-14)19-13-15-5-9-16(18)10-6-15/h5-12H,2-4,13,18H2,1H3. The van der Waals surface area contributed by atoms with Gasteiger partial charge in [-0.05, 0) is 48.2 Å². The molecule has 0 radical (unpaired) electrons. The predicted octanol–water partition coefficient (Wildman–Crippen LogP) is 4.19. The van der Waals surface area contributed by atoms with E-state index in [0.29, 0.717) is 6.61 Å². The average molecular weight is 255 g/mol. The molecular weight excluding hydrogens is 234 g/mol. The number of ether oxygens (including phenoxy) is 1. The van der Waals surface area contributed by atoms with Crippen molar-refractivity contribution in [2.75, 3.05) is 5.73 Å². The van der Waals surface area contributed by atoms with Gasteiger partial charge in [-0.15, -0.1) is 0 Å². The Hall–Kier alpha value is -1.96. The van der Waals surface area contributed by atoms with Crippen LogP contribution in [-0.4, -0.2) is 0 Å². The molecule has 0 saturated carbocycles. The number of rotatable bonds is 6. The summed E-state index contributed by atoms with van der Waals surface area (Å²) in [5.74, 6) is 0.914. The Balaban J connectivity index is 1.87.